The van der Waals surface area contributed by atoms with E-state index >= 15 is 0 Å². The van der Waals surface area contributed by atoms with E-state index in [-0.39, 0.29) is 11.8 Å². The van der Waals surface area contributed by atoms with Gasteiger partial charge in [0.25, 0.3) is 0 Å². The van der Waals surface area contributed by atoms with Gasteiger partial charge in [0.15, 0.2) is 0 Å². The summed E-state index contributed by atoms with van der Waals surface area (Å²) in [5.74, 6) is 0.388. The fourth-order valence-electron chi connectivity index (χ4n) is 4.69. The summed E-state index contributed by atoms with van der Waals surface area (Å²) in [6, 6.07) is 19.9. The van der Waals surface area contributed by atoms with Gasteiger partial charge in [0, 0.05) is 61.4 Å². The highest BCUT2D eigenvalue weighted by Crippen LogP contribution is 2.31. The predicted molar refractivity (Wildman–Crippen MR) is 132 cm³/mol. The molecule has 2 heterocycles. The molecular weight excluding hydrogens is 410 g/mol. The lowest BCUT2D eigenvalue weighted by Crippen LogP contribution is -2.44. The average molecular weight is 444 g/mol. The maximum absolute atomic E-state index is 12.1. The number of imidazole rings is 1. The van der Waals surface area contributed by atoms with Crippen molar-refractivity contribution in [1.82, 2.24) is 14.9 Å². The zero-order valence-corrected chi connectivity index (χ0v) is 19.1. The van der Waals surface area contributed by atoms with Crippen molar-refractivity contribution in [3.8, 4) is 0 Å². The summed E-state index contributed by atoms with van der Waals surface area (Å²) in [4.78, 5) is 18.7. The first-order chi connectivity index (χ1) is 16.2. The van der Waals surface area contributed by atoms with Gasteiger partial charge in [-0.05, 0) is 55.9 Å². The van der Waals surface area contributed by atoms with E-state index in [0.29, 0.717) is 12.1 Å². The van der Waals surface area contributed by atoms with Gasteiger partial charge >= 0.3 is 0 Å². The number of aryl methyl sites for hydroxylation is 1. The molecule has 1 aliphatic carbocycles. The van der Waals surface area contributed by atoms with E-state index in [1.165, 1.54) is 11.3 Å². The molecule has 6 heteroatoms. The second-order valence-electron chi connectivity index (χ2n) is 9.29. The average Bonchev–Trinajstić information content (AvgIpc) is 3.59. The summed E-state index contributed by atoms with van der Waals surface area (Å²) in [6.45, 7) is 2.98. The summed E-state index contributed by atoms with van der Waals surface area (Å²) in [6.07, 6.45) is 11.1. The fourth-order valence-corrected chi connectivity index (χ4v) is 4.69. The van der Waals surface area contributed by atoms with Gasteiger partial charge in [-0.2, -0.15) is 0 Å². The van der Waals surface area contributed by atoms with Crippen LogP contribution in [0.25, 0.3) is 0 Å². The Hall–Kier alpha value is -3.12. The van der Waals surface area contributed by atoms with Crippen molar-refractivity contribution in [2.45, 2.75) is 50.7 Å². The smallest absolute Gasteiger partial charge is 0.227 e. The molecule has 1 atom stereocenters. The SMILES string of the molecule is O=C(Nc1cccc(N2CCC(NC(CCn3ccnc3)c3ccccc3)CC2)c1)C1CC1. The van der Waals surface area contributed by atoms with Crippen LogP contribution < -0.4 is 15.5 Å². The van der Waals surface area contributed by atoms with E-state index in [1.54, 1.807) is 0 Å². The molecule has 1 amide bonds. The van der Waals surface area contributed by atoms with E-state index < -0.39 is 0 Å². The minimum absolute atomic E-state index is 0.165. The normalized spacial score (nSPS) is 17.6. The zero-order chi connectivity index (χ0) is 22.5. The Morgan fingerprint density at radius 2 is 1.85 bits per heavy atom. The largest absolute Gasteiger partial charge is 0.371 e. The zero-order valence-electron chi connectivity index (χ0n) is 19.1. The molecule has 1 saturated carbocycles. The Morgan fingerprint density at radius 1 is 1.03 bits per heavy atom. The van der Waals surface area contributed by atoms with Gasteiger partial charge in [-0.25, -0.2) is 4.98 Å². The molecule has 1 unspecified atom stereocenters. The maximum Gasteiger partial charge on any atom is 0.227 e. The third kappa shape index (κ3) is 5.82. The molecule has 2 aliphatic rings. The number of hydrogen-bond acceptors (Lipinski definition) is 4. The summed E-state index contributed by atoms with van der Waals surface area (Å²) >= 11 is 0. The van der Waals surface area contributed by atoms with E-state index in [2.05, 4.69) is 67.5 Å². The summed E-state index contributed by atoms with van der Waals surface area (Å²) in [5.41, 5.74) is 3.45. The number of anilines is 2. The van der Waals surface area contributed by atoms with Crippen LogP contribution in [-0.4, -0.2) is 34.6 Å². The second-order valence-corrected chi connectivity index (χ2v) is 9.29. The molecule has 0 radical (unpaired) electrons. The monoisotopic (exact) mass is 443 g/mol. The number of hydrogen-bond donors (Lipinski definition) is 2. The van der Waals surface area contributed by atoms with E-state index in [9.17, 15) is 4.79 Å². The molecule has 1 aliphatic heterocycles. The lowest BCUT2D eigenvalue weighted by Gasteiger charge is -2.36. The first-order valence-electron chi connectivity index (χ1n) is 12.2. The number of amides is 1. The first-order valence-corrected chi connectivity index (χ1v) is 12.2. The Labute approximate surface area is 196 Å². The molecule has 6 nitrogen and oxygen atoms in total. The molecule has 1 saturated heterocycles. The van der Waals surface area contributed by atoms with Crippen molar-refractivity contribution in [1.29, 1.82) is 0 Å². The van der Waals surface area contributed by atoms with Crippen molar-refractivity contribution in [3.63, 3.8) is 0 Å². The standard InChI is InChI=1S/C27H33N5O/c33-27(22-9-10-22)30-24-7-4-8-25(19-24)32-16-11-23(12-17-32)29-26(21-5-2-1-3-6-21)13-15-31-18-14-28-20-31/h1-8,14,18-20,22-23,26,29H,9-13,15-17H2,(H,30,33). The Kier molecular flexibility index (Phi) is 6.72. The van der Waals surface area contributed by atoms with Crippen LogP contribution >= 0.6 is 0 Å². The molecule has 172 valence electrons. The van der Waals surface area contributed by atoms with Crippen molar-refractivity contribution in [3.05, 3.63) is 78.9 Å². The number of nitrogens with one attached hydrogen (secondary N) is 2. The van der Waals surface area contributed by atoms with Gasteiger partial charge < -0.3 is 20.1 Å². The molecule has 1 aromatic heterocycles. The highest BCUT2D eigenvalue weighted by Gasteiger charge is 2.29. The minimum Gasteiger partial charge on any atom is -0.371 e. The van der Waals surface area contributed by atoms with Crippen LogP contribution in [0.5, 0.6) is 0 Å². The third-order valence-electron chi connectivity index (χ3n) is 6.80. The van der Waals surface area contributed by atoms with Gasteiger partial charge in [-0.1, -0.05) is 36.4 Å². The summed E-state index contributed by atoms with van der Waals surface area (Å²) < 4.78 is 2.15. The van der Waals surface area contributed by atoms with Crippen LogP contribution in [0.2, 0.25) is 0 Å². The van der Waals surface area contributed by atoms with Crippen LogP contribution in [0.4, 0.5) is 11.4 Å². The summed E-state index contributed by atoms with van der Waals surface area (Å²) in [7, 11) is 0. The van der Waals surface area contributed by atoms with E-state index in [1.807, 2.05) is 30.9 Å². The first kappa shape index (κ1) is 21.7. The Morgan fingerprint density at radius 3 is 2.58 bits per heavy atom. The van der Waals surface area contributed by atoms with Gasteiger partial charge in [0.2, 0.25) is 5.91 Å². The number of rotatable bonds is 9. The van der Waals surface area contributed by atoms with Crippen LogP contribution in [0.15, 0.2) is 73.3 Å². The van der Waals surface area contributed by atoms with Crippen molar-refractivity contribution in [2.75, 3.05) is 23.3 Å². The van der Waals surface area contributed by atoms with Gasteiger partial charge in [0.1, 0.15) is 0 Å². The quantitative estimate of drug-likeness (QED) is 0.507. The minimum atomic E-state index is 0.165. The molecule has 33 heavy (non-hydrogen) atoms. The molecule has 3 aromatic rings. The van der Waals surface area contributed by atoms with Gasteiger partial charge in [0.05, 0.1) is 6.33 Å². The molecule has 2 aromatic carbocycles. The third-order valence-corrected chi connectivity index (χ3v) is 6.80. The van der Waals surface area contributed by atoms with Crippen LogP contribution in [0.3, 0.4) is 0 Å². The Bertz CT molecular complexity index is 1020. The van der Waals surface area contributed by atoms with E-state index in [4.69, 9.17) is 0 Å². The van der Waals surface area contributed by atoms with Gasteiger partial charge in [-0.15, -0.1) is 0 Å². The van der Waals surface area contributed by atoms with Gasteiger partial charge in [-0.3, -0.25) is 4.79 Å². The number of nitrogens with zero attached hydrogens (tertiary/aromatic N) is 3. The highest BCUT2D eigenvalue weighted by molar-refractivity contribution is 5.94. The van der Waals surface area contributed by atoms with Crippen molar-refractivity contribution < 1.29 is 4.79 Å². The molecular formula is C27H33N5O. The predicted octanol–water partition coefficient (Wildman–Crippen LogP) is 4.62. The highest BCUT2D eigenvalue weighted by atomic mass is 16.2. The lowest BCUT2D eigenvalue weighted by atomic mass is 9.98. The second kappa shape index (κ2) is 10.2. The molecule has 0 spiro atoms. The summed E-state index contributed by atoms with van der Waals surface area (Å²) in [5, 5.41) is 7.02. The maximum atomic E-state index is 12.1. The number of aromatic nitrogens is 2. The van der Waals surface area contributed by atoms with E-state index in [0.717, 1.165) is 57.4 Å². The topological polar surface area (TPSA) is 62.2 Å². The van der Waals surface area contributed by atoms with Crippen LogP contribution in [0.1, 0.15) is 43.7 Å². The number of benzene rings is 2. The lowest BCUT2D eigenvalue weighted by molar-refractivity contribution is -0.117. The fraction of sp³-hybridized carbons (Fsp3) is 0.407. The Balaban J connectivity index is 1.17. The van der Waals surface area contributed by atoms with Crippen LogP contribution in [-0.2, 0) is 11.3 Å². The molecule has 0 bridgehead atoms. The van der Waals surface area contributed by atoms with Crippen molar-refractivity contribution in [2.24, 2.45) is 5.92 Å². The van der Waals surface area contributed by atoms with Crippen molar-refractivity contribution >= 4 is 17.3 Å². The number of carbonyl (C=O) groups is 1. The molecule has 2 N–H and O–H groups in total. The number of piperidine rings is 1. The molecule has 2 fully saturated rings. The number of carbonyl (C=O) groups excluding carboxylic acids is 1. The molecule has 5 rings (SSSR count). The van der Waals surface area contributed by atoms with Crippen LogP contribution in [0, 0.1) is 5.92 Å².